The van der Waals surface area contributed by atoms with Gasteiger partial charge in [-0.25, -0.2) is 8.78 Å². The van der Waals surface area contributed by atoms with Crippen LogP contribution in [-0.2, 0) is 19.9 Å². The third-order valence-corrected chi connectivity index (χ3v) is 4.79. The number of benzene rings is 1. The molecular weight excluding hydrogens is 463 g/mol. The van der Waals surface area contributed by atoms with Gasteiger partial charge in [0.2, 0.25) is 0 Å². The van der Waals surface area contributed by atoms with Gasteiger partial charge in [0, 0.05) is 39.9 Å². The molecule has 2 aromatic rings. The zero-order valence-electron chi connectivity index (χ0n) is 15.7. The van der Waals surface area contributed by atoms with Crippen LogP contribution in [0.25, 0.3) is 0 Å². The Labute approximate surface area is 175 Å². The van der Waals surface area contributed by atoms with Gasteiger partial charge in [-0.2, -0.15) is 5.10 Å². The van der Waals surface area contributed by atoms with E-state index in [0.29, 0.717) is 24.4 Å². The lowest BCUT2D eigenvalue weighted by Gasteiger charge is -2.21. The van der Waals surface area contributed by atoms with Crippen molar-refractivity contribution in [1.82, 2.24) is 20.0 Å². The lowest BCUT2D eigenvalue weighted by molar-refractivity contribution is 0.459. The number of halogens is 3. The molecule has 0 radical (unpaired) electrons. The van der Waals surface area contributed by atoms with Crippen molar-refractivity contribution in [3.63, 3.8) is 0 Å². The zero-order valence-corrected chi connectivity index (χ0v) is 18.0. The maximum Gasteiger partial charge on any atom is 0.193 e. The van der Waals surface area contributed by atoms with E-state index in [0.717, 1.165) is 38.0 Å². The molecule has 1 aromatic carbocycles. The Morgan fingerprint density at radius 2 is 2.19 bits per heavy atom. The summed E-state index contributed by atoms with van der Waals surface area (Å²) in [5.74, 6) is -0.180. The number of aliphatic imine (C=N–C) groups is 1. The topological polar surface area (TPSA) is 45.5 Å². The molecule has 1 aliphatic rings. The van der Waals surface area contributed by atoms with Crippen molar-refractivity contribution in [1.29, 1.82) is 0 Å². The van der Waals surface area contributed by atoms with Gasteiger partial charge >= 0.3 is 0 Å². The summed E-state index contributed by atoms with van der Waals surface area (Å²) < 4.78 is 28.8. The fourth-order valence-electron chi connectivity index (χ4n) is 3.49. The van der Waals surface area contributed by atoms with Gasteiger partial charge in [-0.05, 0) is 42.4 Å². The van der Waals surface area contributed by atoms with E-state index >= 15 is 0 Å². The van der Waals surface area contributed by atoms with Gasteiger partial charge in [0.25, 0.3) is 0 Å². The van der Waals surface area contributed by atoms with E-state index in [1.165, 1.54) is 11.6 Å². The number of likely N-dealkylation sites (tertiary alicyclic amines) is 1. The summed E-state index contributed by atoms with van der Waals surface area (Å²) in [7, 11) is 3.68. The molecule has 0 saturated carbocycles. The molecule has 0 amide bonds. The van der Waals surface area contributed by atoms with Crippen LogP contribution in [0, 0.1) is 17.6 Å². The highest BCUT2D eigenvalue weighted by molar-refractivity contribution is 14.0. The number of nitrogens with zero attached hydrogens (tertiary/aromatic N) is 4. The molecule has 1 saturated heterocycles. The van der Waals surface area contributed by atoms with Gasteiger partial charge in [-0.3, -0.25) is 9.67 Å². The highest BCUT2D eigenvalue weighted by atomic mass is 127. The Morgan fingerprint density at radius 3 is 2.89 bits per heavy atom. The van der Waals surface area contributed by atoms with Crippen LogP contribution in [-0.4, -0.2) is 47.3 Å². The SMILES string of the molecule is CN=C(NCCc1cccc(F)c1F)N1CCC(Cc2cnn(C)c2)C1.I. The van der Waals surface area contributed by atoms with Crippen molar-refractivity contribution < 1.29 is 8.78 Å². The summed E-state index contributed by atoms with van der Waals surface area (Å²) in [6.45, 7) is 2.39. The number of rotatable bonds is 5. The molecule has 3 rings (SSSR count). The number of aryl methyl sites for hydroxylation is 1. The predicted octanol–water partition coefficient (Wildman–Crippen LogP) is 3.00. The zero-order chi connectivity index (χ0) is 18.5. The fourth-order valence-corrected chi connectivity index (χ4v) is 3.49. The monoisotopic (exact) mass is 489 g/mol. The molecule has 1 atom stereocenters. The first-order chi connectivity index (χ1) is 12.6. The molecule has 8 heteroatoms. The second-order valence-corrected chi connectivity index (χ2v) is 6.76. The number of hydrogen-bond donors (Lipinski definition) is 1. The van der Waals surface area contributed by atoms with Crippen LogP contribution in [0.1, 0.15) is 17.5 Å². The molecule has 1 fully saturated rings. The molecule has 0 bridgehead atoms. The van der Waals surface area contributed by atoms with Gasteiger partial charge in [-0.1, -0.05) is 12.1 Å². The highest BCUT2D eigenvalue weighted by Gasteiger charge is 2.25. The van der Waals surface area contributed by atoms with Crippen molar-refractivity contribution in [3.05, 3.63) is 53.4 Å². The van der Waals surface area contributed by atoms with Crippen LogP contribution in [0.4, 0.5) is 8.78 Å². The van der Waals surface area contributed by atoms with Gasteiger partial charge < -0.3 is 10.2 Å². The molecule has 0 aliphatic carbocycles. The number of nitrogens with one attached hydrogen (secondary N) is 1. The fraction of sp³-hybridized carbons (Fsp3) is 0.474. The van der Waals surface area contributed by atoms with Crippen molar-refractivity contribution >= 4 is 29.9 Å². The van der Waals surface area contributed by atoms with Gasteiger partial charge in [0.05, 0.1) is 6.20 Å². The highest BCUT2D eigenvalue weighted by Crippen LogP contribution is 2.20. The minimum atomic E-state index is -0.801. The number of hydrogen-bond acceptors (Lipinski definition) is 2. The molecular formula is C19H26F2IN5. The van der Waals surface area contributed by atoms with Gasteiger partial charge in [0.1, 0.15) is 0 Å². The van der Waals surface area contributed by atoms with E-state index in [1.807, 2.05) is 17.9 Å². The van der Waals surface area contributed by atoms with Crippen molar-refractivity contribution in [3.8, 4) is 0 Å². The van der Waals surface area contributed by atoms with E-state index in [-0.39, 0.29) is 24.0 Å². The summed E-state index contributed by atoms with van der Waals surface area (Å²) in [6.07, 6.45) is 6.51. The Bertz CT molecular complexity index is 777. The maximum atomic E-state index is 13.7. The van der Waals surface area contributed by atoms with E-state index in [2.05, 4.69) is 26.5 Å². The Kier molecular flexibility index (Phi) is 8.00. The second kappa shape index (κ2) is 10.0. The van der Waals surface area contributed by atoms with Crippen LogP contribution in [0.2, 0.25) is 0 Å². The van der Waals surface area contributed by atoms with Gasteiger partial charge in [0.15, 0.2) is 17.6 Å². The minimum absolute atomic E-state index is 0. The third kappa shape index (κ3) is 5.63. The minimum Gasteiger partial charge on any atom is -0.356 e. The molecule has 1 aliphatic heterocycles. The first kappa shape index (κ1) is 21.6. The molecule has 5 nitrogen and oxygen atoms in total. The molecule has 0 spiro atoms. The van der Waals surface area contributed by atoms with Crippen LogP contribution >= 0.6 is 24.0 Å². The third-order valence-electron chi connectivity index (χ3n) is 4.79. The largest absolute Gasteiger partial charge is 0.356 e. The maximum absolute atomic E-state index is 13.7. The smallest absolute Gasteiger partial charge is 0.193 e. The Balaban J connectivity index is 0.00000261. The molecule has 2 heterocycles. The standard InChI is InChI=1S/C19H25F2N5.HI/c1-22-19(23-8-6-16-4-3-5-17(20)18(16)21)26-9-7-14(13-26)10-15-11-24-25(2)12-15;/h3-5,11-12,14H,6-10,13H2,1-2H3,(H,22,23);1H. The normalized spacial score (nSPS) is 17.1. The van der Waals surface area contributed by atoms with E-state index in [9.17, 15) is 8.78 Å². The van der Waals surface area contributed by atoms with E-state index in [4.69, 9.17) is 0 Å². The summed E-state index contributed by atoms with van der Waals surface area (Å²) >= 11 is 0. The summed E-state index contributed by atoms with van der Waals surface area (Å²) in [6, 6.07) is 4.28. The number of guanidine groups is 1. The van der Waals surface area contributed by atoms with E-state index < -0.39 is 11.6 Å². The van der Waals surface area contributed by atoms with Crippen molar-refractivity contribution in [2.24, 2.45) is 18.0 Å². The molecule has 1 N–H and O–H groups in total. The van der Waals surface area contributed by atoms with Crippen LogP contribution < -0.4 is 5.32 Å². The van der Waals surface area contributed by atoms with Gasteiger partial charge in [-0.15, -0.1) is 24.0 Å². The predicted molar refractivity (Wildman–Crippen MR) is 113 cm³/mol. The summed E-state index contributed by atoms with van der Waals surface area (Å²) in [4.78, 5) is 6.56. The van der Waals surface area contributed by atoms with E-state index in [1.54, 1.807) is 13.1 Å². The summed E-state index contributed by atoms with van der Waals surface area (Å²) in [5, 5.41) is 7.49. The Hall–Kier alpha value is -1.71. The summed E-state index contributed by atoms with van der Waals surface area (Å²) in [5.41, 5.74) is 1.63. The van der Waals surface area contributed by atoms with Crippen LogP contribution in [0.3, 0.4) is 0 Å². The van der Waals surface area contributed by atoms with Crippen LogP contribution in [0.5, 0.6) is 0 Å². The van der Waals surface area contributed by atoms with Crippen molar-refractivity contribution in [2.45, 2.75) is 19.3 Å². The quantitative estimate of drug-likeness (QED) is 0.399. The molecule has 27 heavy (non-hydrogen) atoms. The Morgan fingerprint density at radius 1 is 1.37 bits per heavy atom. The van der Waals surface area contributed by atoms with Crippen LogP contribution in [0.15, 0.2) is 35.6 Å². The van der Waals surface area contributed by atoms with Crippen molar-refractivity contribution in [2.75, 3.05) is 26.7 Å². The average Bonchev–Trinajstić information content (AvgIpc) is 3.25. The molecule has 1 unspecified atom stereocenters. The first-order valence-corrected chi connectivity index (χ1v) is 8.93. The second-order valence-electron chi connectivity index (χ2n) is 6.76. The average molecular weight is 489 g/mol. The first-order valence-electron chi connectivity index (χ1n) is 8.93. The molecule has 1 aromatic heterocycles. The lowest BCUT2D eigenvalue weighted by atomic mass is 10.0. The lowest BCUT2D eigenvalue weighted by Crippen LogP contribution is -2.41. The molecule has 148 valence electrons. The number of aromatic nitrogens is 2.